The summed E-state index contributed by atoms with van der Waals surface area (Å²) >= 11 is 0. The minimum Gasteiger partial charge on any atom is -0.465 e. The zero-order valence-corrected chi connectivity index (χ0v) is 12.1. The number of hydrogen-bond acceptors (Lipinski definition) is 4. The fourth-order valence-electron chi connectivity index (χ4n) is 2.56. The Labute approximate surface area is 128 Å². The first kappa shape index (κ1) is 16.1. The molecule has 1 aromatic carbocycles. The second-order valence-corrected chi connectivity index (χ2v) is 5.34. The van der Waals surface area contributed by atoms with E-state index in [1.807, 2.05) is 30.3 Å². The van der Waals surface area contributed by atoms with Crippen LogP contribution in [0.3, 0.4) is 0 Å². The highest BCUT2D eigenvalue weighted by molar-refractivity contribution is 5.68. The van der Waals surface area contributed by atoms with Crippen molar-refractivity contribution in [2.24, 2.45) is 0 Å². The molecule has 0 radical (unpaired) electrons. The van der Waals surface area contributed by atoms with Gasteiger partial charge in [-0.1, -0.05) is 30.3 Å². The van der Waals surface area contributed by atoms with Crippen molar-refractivity contribution < 1.29 is 24.5 Å². The number of carboxylic acid groups (broad SMARTS) is 1. The van der Waals surface area contributed by atoms with Gasteiger partial charge in [-0.3, -0.25) is 0 Å². The first-order chi connectivity index (χ1) is 10.5. The topological polar surface area (TPSA) is 108 Å². The molecule has 1 unspecified atom stereocenters. The van der Waals surface area contributed by atoms with Crippen molar-refractivity contribution in [3.8, 4) is 0 Å². The van der Waals surface area contributed by atoms with Crippen LogP contribution in [0.2, 0.25) is 0 Å². The van der Waals surface area contributed by atoms with E-state index in [-0.39, 0.29) is 19.1 Å². The van der Waals surface area contributed by atoms with Gasteiger partial charge in [0.15, 0.2) is 0 Å². The number of aliphatic hydroxyl groups is 1. The Kier molecular flexibility index (Phi) is 5.60. The molecule has 0 saturated heterocycles. The number of benzene rings is 1. The van der Waals surface area contributed by atoms with Crippen molar-refractivity contribution in [1.82, 2.24) is 10.6 Å². The number of ether oxygens (including phenoxy) is 1. The van der Waals surface area contributed by atoms with Crippen molar-refractivity contribution in [2.75, 3.05) is 0 Å². The van der Waals surface area contributed by atoms with E-state index in [4.69, 9.17) is 9.84 Å². The van der Waals surface area contributed by atoms with E-state index in [1.54, 1.807) is 0 Å². The predicted molar refractivity (Wildman–Crippen MR) is 78.4 cm³/mol. The van der Waals surface area contributed by atoms with Crippen LogP contribution < -0.4 is 10.6 Å². The van der Waals surface area contributed by atoms with Crippen molar-refractivity contribution in [2.45, 2.75) is 44.1 Å². The molecule has 7 nitrogen and oxygen atoms in total. The molecule has 1 fully saturated rings. The number of amides is 2. The molecule has 22 heavy (non-hydrogen) atoms. The lowest BCUT2D eigenvalue weighted by Gasteiger charge is -2.34. The Morgan fingerprint density at radius 1 is 1.14 bits per heavy atom. The Hall–Kier alpha value is -2.28. The number of nitrogens with one attached hydrogen (secondary N) is 2. The average molecular weight is 308 g/mol. The standard InChI is InChI=1S/C15H20N2O5/c18-11-6-7-12(13(8-11)16-14(19)20)17-15(21)22-9-10-4-2-1-3-5-10/h1-5,11-13,16,18H,6-9H2,(H,17,21)(H,19,20)/t11?,12-,13+/m0/s1. The van der Waals surface area contributed by atoms with Gasteiger partial charge in [0.2, 0.25) is 0 Å². The molecular weight excluding hydrogens is 288 g/mol. The highest BCUT2D eigenvalue weighted by atomic mass is 16.5. The number of alkyl carbamates (subject to hydrolysis) is 1. The van der Waals surface area contributed by atoms with E-state index >= 15 is 0 Å². The van der Waals surface area contributed by atoms with Gasteiger partial charge in [0.25, 0.3) is 0 Å². The van der Waals surface area contributed by atoms with Gasteiger partial charge in [-0.2, -0.15) is 0 Å². The van der Waals surface area contributed by atoms with Crippen molar-refractivity contribution in [1.29, 1.82) is 0 Å². The number of carbonyl (C=O) groups excluding carboxylic acids is 1. The zero-order valence-electron chi connectivity index (χ0n) is 12.1. The molecule has 3 atom stereocenters. The van der Waals surface area contributed by atoms with Crippen LogP contribution in [-0.4, -0.2) is 40.6 Å². The smallest absolute Gasteiger partial charge is 0.407 e. The normalized spacial score (nSPS) is 24.3. The third kappa shape index (κ3) is 4.92. The largest absolute Gasteiger partial charge is 0.465 e. The highest BCUT2D eigenvalue weighted by Crippen LogP contribution is 2.19. The van der Waals surface area contributed by atoms with Gasteiger partial charge in [-0.25, -0.2) is 9.59 Å². The summed E-state index contributed by atoms with van der Waals surface area (Å²) in [5, 5.41) is 23.4. The van der Waals surface area contributed by atoms with Crippen LogP contribution in [0.1, 0.15) is 24.8 Å². The second-order valence-electron chi connectivity index (χ2n) is 5.34. The molecule has 120 valence electrons. The molecule has 1 aliphatic rings. The van der Waals surface area contributed by atoms with E-state index in [0.717, 1.165) is 5.56 Å². The first-order valence-corrected chi connectivity index (χ1v) is 7.19. The summed E-state index contributed by atoms with van der Waals surface area (Å²) in [6, 6.07) is 8.36. The van der Waals surface area contributed by atoms with E-state index < -0.39 is 24.3 Å². The molecule has 2 amide bonds. The molecule has 1 aliphatic carbocycles. The highest BCUT2D eigenvalue weighted by Gasteiger charge is 2.32. The fourth-order valence-corrected chi connectivity index (χ4v) is 2.56. The van der Waals surface area contributed by atoms with E-state index in [1.165, 1.54) is 0 Å². The van der Waals surface area contributed by atoms with Crippen molar-refractivity contribution >= 4 is 12.2 Å². The summed E-state index contributed by atoms with van der Waals surface area (Å²) in [4.78, 5) is 22.6. The Morgan fingerprint density at radius 2 is 1.86 bits per heavy atom. The van der Waals surface area contributed by atoms with Gasteiger partial charge in [-0.05, 0) is 24.8 Å². The molecule has 0 aromatic heterocycles. The number of aliphatic hydroxyl groups excluding tert-OH is 1. The van der Waals surface area contributed by atoms with Gasteiger partial charge in [0.1, 0.15) is 6.61 Å². The molecule has 1 saturated carbocycles. The summed E-state index contributed by atoms with van der Waals surface area (Å²) < 4.78 is 5.12. The molecule has 2 rings (SSSR count). The van der Waals surface area contributed by atoms with E-state index in [9.17, 15) is 14.7 Å². The van der Waals surface area contributed by atoms with Gasteiger partial charge >= 0.3 is 12.2 Å². The third-order valence-corrected chi connectivity index (χ3v) is 3.65. The minimum absolute atomic E-state index is 0.152. The van der Waals surface area contributed by atoms with Gasteiger partial charge in [-0.15, -0.1) is 0 Å². The molecule has 0 heterocycles. The van der Waals surface area contributed by atoms with Crippen LogP contribution in [0.15, 0.2) is 30.3 Å². The molecular formula is C15H20N2O5. The number of rotatable bonds is 4. The maximum atomic E-state index is 11.8. The quantitative estimate of drug-likeness (QED) is 0.673. The predicted octanol–water partition coefficient (Wildman–Crippen LogP) is 1.46. The summed E-state index contributed by atoms with van der Waals surface area (Å²) in [6.07, 6.45) is -1.05. The summed E-state index contributed by atoms with van der Waals surface area (Å²) in [5.74, 6) is 0. The van der Waals surface area contributed by atoms with E-state index in [0.29, 0.717) is 12.8 Å². The lowest BCUT2D eigenvalue weighted by Crippen LogP contribution is -2.55. The fraction of sp³-hybridized carbons (Fsp3) is 0.467. The monoisotopic (exact) mass is 308 g/mol. The van der Waals surface area contributed by atoms with Crippen molar-refractivity contribution in [3.63, 3.8) is 0 Å². The molecule has 7 heteroatoms. The Bertz CT molecular complexity index is 508. The van der Waals surface area contributed by atoms with Crippen LogP contribution in [0.4, 0.5) is 9.59 Å². The van der Waals surface area contributed by atoms with Crippen LogP contribution in [0.25, 0.3) is 0 Å². The second kappa shape index (κ2) is 7.65. The summed E-state index contributed by atoms with van der Waals surface area (Å²) in [7, 11) is 0. The lowest BCUT2D eigenvalue weighted by atomic mass is 9.88. The van der Waals surface area contributed by atoms with Crippen LogP contribution in [-0.2, 0) is 11.3 Å². The lowest BCUT2D eigenvalue weighted by molar-refractivity contribution is 0.0848. The van der Waals surface area contributed by atoms with E-state index in [2.05, 4.69) is 10.6 Å². The minimum atomic E-state index is -1.18. The van der Waals surface area contributed by atoms with Gasteiger partial charge in [0, 0.05) is 0 Å². The third-order valence-electron chi connectivity index (χ3n) is 3.65. The molecule has 0 aliphatic heterocycles. The average Bonchev–Trinajstić information content (AvgIpc) is 2.48. The van der Waals surface area contributed by atoms with Gasteiger partial charge < -0.3 is 25.6 Å². The van der Waals surface area contributed by atoms with Crippen LogP contribution >= 0.6 is 0 Å². The molecule has 0 bridgehead atoms. The SMILES string of the molecule is O=C(O)N[C@@H]1CC(O)CC[C@@H]1NC(=O)OCc1ccccc1. The first-order valence-electron chi connectivity index (χ1n) is 7.19. The van der Waals surface area contributed by atoms with Crippen molar-refractivity contribution in [3.05, 3.63) is 35.9 Å². The molecule has 0 spiro atoms. The molecule has 4 N–H and O–H groups in total. The van der Waals surface area contributed by atoms with Gasteiger partial charge in [0.05, 0.1) is 18.2 Å². The van der Waals surface area contributed by atoms with Crippen LogP contribution in [0, 0.1) is 0 Å². The summed E-state index contributed by atoms with van der Waals surface area (Å²) in [5.41, 5.74) is 0.872. The number of hydrogen-bond donors (Lipinski definition) is 4. The number of carbonyl (C=O) groups is 2. The maximum Gasteiger partial charge on any atom is 0.407 e. The summed E-state index contributed by atoms with van der Waals surface area (Å²) in [6.45, 7) is 0.152. The Morgan fingerprint density at radius 3 is 2.55 bits per heavy atom. The Balaban J connectivity index is 1.84. The zero-order chi connectivity index (χ0) is 15.9. The molecule has 1 aromatic rings. The maximum absolute atomic E-state index is 11.8. The van der Waals surface area contributed by atoms with Crippen LogP contribution in [0.5, 0.6) is 0 Å².